The molecule has 5 heavy (non-hydrogen) atoms. The summed E-state index contributed by atoms with van der Waals surface area (Å²) in [5.74, 6) is 2.83. The first-order chi connectivity index (χ1) is 2.00. The van der Waals surface area contributed by atoms with E-state index in [9.17, 15) is 0 Å². The van der Waals surface area contributed by atoms with Crippen molar-refractivity contribution in [1.29, 1.82) is 0 Å². The number of hydrogen-bond donors (Lipinski definition) is 0. The van der Waals surface area contributed by atoms with E-state index in [4.69, 9.17) is 0 Å². The largest absolute Gasteiger partial charge is 0.197 e. The molecule has 0 aliphatic carbocycles. The highest BCUT2D eigenvalue weighted by molar-refractivity contribution is 7.77. The molecule has 0 atom stereocenters. The van der Waals surface area contributed by atoms with Gasteiger partial charge in [-0.05, 0) is 5.87 Å². The fraction of sp³-hybridized carbons (Fsp3) is 0.667. The Labute approximate surface area is 46.0 Å². The van der Waals surface area contributed by atoms with Crippen molar-refractivity contribution >= 4 is 31.6 Å². The second kappa shape index (κ2) is 271. The van der Waals surface area contributed by atoms with Crippen molar-refractivity contribution in [2.45, 2.75) is 13.8 Å². The molecule has 0 heterocycles. The lowest BCUT2D eigenvalue weighted by atomic mass is 11.0. The van der Waals surface area contributed by atoms with Crippen molar-refractivity contribution in [3.63, 3.8) is 0 Å². The van der Waals surface area contributed by atoms with Crippen molar-refractivity contribution in [3.8, 4) is 0 Å². The third-order valence-corrected chi connectivity index (χ3v) is 0. The Kier molecular flexibility index (Phi) is 978. The van der Waals surface area contributed by atoms with Crippen LogP contribution in [0.15, 0.2) is 0 Å². The molecule has 2 heteroatoms. The van der Waals surface area contributed by atoms with Crippen molar-refractivity contribution in [1.82, 2.24) is 0 Å². The lowest BCUT2D eigenvalue weighted by molar-refractivity contribution is 1.50. The number of thiocarbonyl (C=S) groups is 1. The van der Waals surface area contributed by atoms with Crippen LogP contribution in [0.5, 0.6) is 0 Å². The van der Waals surface area contributed by atoms with Gasteiger partial charge in [0, 0.05) is 0 Å². The molecule has 0 radical (unpaired) electrons. The fourth-order valence-corrected chi connectivity index (χ4v) is 0. The monoisotopic (exact) mass is 110 g/mol. The first kappa shape index (κ1) is 18.0. The minimum absolute atomic E-state index is 0. The maximum absolute atomic E-state index is 3.83. The Hall–Kier alpha value is 0.440. The highest BCUT2D eigenvalue weighted by Gasteiger charge is 0.932. The van der Waals surface area contributed by atoms with Crippen LogP contribution in [0.1, 0.15) is 13.8 Å². The zero-order valence-electron chi connectivity index (χ0n) is 3.62. The van der Waals surface area contributed by atoms with Gasteiger partial charge in [-0.3, -0.25) is 0 Å². The molecule has 0 aromatic carbocycles. The van der Waals surface area contributed by atoms with E-state index in [2.05, 4.69) is 18.1 Å². The first-order valence-corrected chi connectivity index (χ1v) is 1.87. The Morgan fingerprint density at radius 3 is 1.20 bits per heavy atom. The minimum Gasteiger partial charge on any atom is -0.197 e. The highest BCUT2D eigenvalue weighted by atomic mass is 32.1. The van der Waals surface area contributed by atoms with E-state index in [-0.39, 0.29) is 13.5 Å². The predicted octanol–water partition coefficient (Wildman–Crippen LogP) is 1.75. The molecule has 0 aromatic heterocycles. The summed E-state index contributed by atoms with van der Waals surface area (Å²) in [7, 11) is 0. The van der Waals surface area contributed by atoms with E-state index in [1.54, 1.807) is 0 Å². The quantitative estimate of drug-likeness (QED) is 0.428. The summed E-state index contributed by atoms with van der Waals surface area (Å²) in [4.78, 5) is 0. The average Bonchev–Trinajstić information content (AvgIpc) is 1.50. The van der Waals surface area contributed by atoms with Crippen LogP contribution in [0.25, 0.3) is 0 Å². The van der Waals surface area contributed by atoms with Gasteiger partial charge in [-0.1, -0.05) is 26.1 Å². The molecule has 0 saturated carbocycles. The van der Waals surface area contributed by atoms with Crippen LogP contribution in [-0.2, 0) is 0 Å². The molecule has 0 rings (SSSR count). The van der Waals surface area contributed by atoms with Crippen molar-refractivity contribution in [2.75, 3.05) is 0 Å². The van der Waals surface area contributed by atoms with Gasteiger partial charge in [0.15, 0.2) is 0 Å². The lowest BCUT2D eigenvalue weighted by Gasteiger charge is -1.07. The molecule has 0 aromatic rings. The highest BCUT2D eigenvalue weighted by Crippen LogP contribution is 1.14. The first-order valence-electron chi connectivity index (χ1n) is 1.29. The zero-order chi connectivity index (χ0) is 4.00. The van der Waals surface area contributed by atoms with Crippen molar-refractivity contribution < 1.29 is 0 Å². The van der Waals surface area contributed by atoms with E-state index in [1.807, 2.05) is 13.8 Å². The third-order valence-electron chi connectivity index (χ3n) is 0. The summed E-state index contributed by atoms with van der Waals surface area (Å²) >= 11 is 3.83. The second-order valence-corrected chi connectivity index (χ2v) is 0. The Morgan fingerprint density at radius 1 is 1.20 bits per heavy atom. The zero-order valence-corrected chi connectivity index (χ0v) is 5.43. The van der Waals surface area contributed by atoms with E-state index in [1.165, 1.54) is 0 Å². The Bertz CT molecular complexity index is 4.85. The van der Waals surface area contributed by atoms with Gasteiger partial charge in [-0.2, -0.15) is 13.5 Å². The van der Waals surface area contributed by atoms with Gasteiger partial charge < -0.3 is 0 Å². The van der Waals surface area contributed by atoms with E-state index < -0.39 is 0 Å². The summed E-state index contributed by atoms with van der Waals surface area (Å²) in [6, 6.07) is 0. The van der Waals surface area contributed by atoms with Gasteiger partial charge in [0.2, 0.25) is 0 Å². The van der Waals surface area contributed by atoms with Crippen LogP contribution >= 0.6 is 25.7 Å². The molecule has 0 amide bonds. The second-order valence-electron chi connectivity index (χ2n) is 0. The van der Waals surface area contributed by atoms with Crippen LogP contribution < -0.4 is 0 Å². The van der Waals surface area contributed by atoms with Gasteiger partial charge in [0.05, 0.1) is 0 Å². The standard InChI is InChI=1S/C2H6.CH2S.H2S/c2*1-2;/h1-2H3;1H2;1H2. The summed E-state index contributed by atoms with van der Waals surface area (Å²) in [6.07, 6.45) is 0. The molecule has 0 bridgehead atoms. The SMILES string of the molecule is C=S.CC.S. The molecule has 34 valence electrons. The summed E-state index contributed by atoms with van der Waals surface area (Å²) in [5, 5.41) is 0. The fourth-order valence-electron chi connectivity index (χ4n) is 0. The van der Waals surface area contributed by atoms with Gasteiger partial charge in [0.1, 0.15) is 0 Å². The average molecular weight is 110 g/mol. The van der Waals surface area contributed by atoms with Crippen molar-refractivity contribution in [3.05, 3.63) is 0 Å². The normalized spacial score (nSPS) is 2.00. The molecule has 0 unspecified atom stereocenters. The molecule has 0 spiro atoms. The minimum atomic E-state index is 0. The molecule has 0 saturated heterocycles. The van der Waals surface area contributed by atoms with E-state index >= 15 is 0 Å². The molecule has 0 fully saturated rings. The Morgan fingerprint density at radius 2 is 1.20 bits per heavy atom. The maximum atomic E-state index is 3.83. The van der Waals surface area contributed by atoms with Gasteiger partial charge in [-0.15, -0.1) is 0 Å². The van der Waals surface area contributed by atoms with Crippen LogP contribution in [0.4, 0.5) is 0 Å². The van der Waals surface area contributed by atoms with Crippen LogP contribution in [-0.4, -0.2) is 5.87 Å². The molecule has 0 N–H and O–H groups in total. The van der Waals surface area contributed by atoms with Gasteiger partial charge in [0.25, 0.3) is 0 Å². The topological polar surface area (TPSA) is 0 Å². The van der Waals surface area contributed by atoms with Crippen LogP contribution in [0.2, 0.25) is 0 Å². The third kappa shape index (κ3) is 137. The van der Waals surface area contributed by atoms with Gasteiger partial charge >= 0.3 is 0 Å². The molecule has 0 aliphatic heterocycles. The molecular formula is C3H10S2. The summed E-state index contributed by atoms with van der Waals surface area (Å²) in [5.41, 5.74) is 0. The van der Waals surface area contributed by atoms with E-state index in [0.29, 0.717) is 0 Å². The smallest absolute Gasteiger partial charge is 0.0351 e. The van der Waals surface area contributed by atoms with E-state index in [0.717, 1.165) is 0 Å². The number of rotatable bonds is 0. The van der Waals surface area contributed by atoms with Crippen molar-refractivity contribution in [2.24, 2.45) is 0 Å². The number of hydrogen-bond acceptors (Lipinski definition) is 1. The summed E-state index contributed by atoms with van der Waals surface area (Å²) < 4.78 is 0. The molecule has 0 aliphatic rings. The molecular weight excluding hydrogens is 100 g/mol. The Balaban J connectivity index is -0.0000000133. The summed E-state index contributed by atoms with van der Waals surface area (Å²) in [6.45, 7) is 4.00. The predicted molar refractivity (Wildman–Crippen MR) is 36.4 cm³/mol. The van der Waals surface area contributed by atoms with Crippen LogP contribution in [0, 0.1) is 0 Å². The van der Waals surface area contributed by atoms with Crippen LogP contribution in [0.3, 0.4) is 0 Å². The van der Waals surface area contributed by atoms with Gasteiger partial charge in [-0.25, -0.2) is 0 Å². The maximum Gasteiger partial charge on any atom is -0.0351 e. The molecule has 0 nitrogen and oxygen atoms in total. The lowest BCUT2D eigenvalue weighted by Crippen LogP contribution is -0.856.